The minimum absolute atomic E-state index is 0.0457. The van der Waals surface area contributed by atoms with E-state index in [1.165, 1.54) is 109 Å². The molecule has 6 aliphatic rings. The Bertz CT molecular complexity index is 6950. The summed E-state index contributed by atoms with van der Waals surface area (Å²) in [5.41, 5.74) is 20.2. The first-order valence-corrected chi connectivity index (χ1v) is 58.2. The molecule has 0 bridgehead atoms. The predicted molar refractivity (Wildman–Crippen MR) is 586 cm³/mol. The average Bonchev–Trinajstić information content (AvgIpc) is 1.66. The molecule has 0 heterocycles. The maximum absolute atomic E-state index is 14.3. The summed E-state index contributed by atoms with van der Waals surface area (Å²) in [6, 6.07) is 69.6. The molecule has 6 saturated carbocycles. The second kappa shape index (κ2) is 49.9. The first kappa shape index (κ1) is 112. The van der Waals surface area contributed by atoms with Crippen LogP contribution < -0.4 is 52.0 Å². The van der Waals surface area contributed by atoms with Gasteiger partial charge in [0, 0.05) is 57.9 Å². The Kier molecular flexibility index (Phi) is 38.5. The van der Waals surface area contributed by atoms with Crippen molar-refractivity contribution in [1.29, 1.82) is 0 Å². The minimum atomic E-state index is -3.53. The lowest BCUT2D eigenvalue weighted by molar-refractivity contribution is 0.0967. The van der Waals surface area contributed by atoms with Gasteiger partial charge in [-0.2, -0.15) is 0 Å². The van der Waals surface area contributed by atoms with Gasteiger partial charge in [0.25, 0.3) is 0 Å². The highest BCUT2D eigenvalue weighted by molar-refractivity contribution is 7.94. The summed E-state index contributed by atoms with van der Waals surface area (Å²) in [6.45, 7) is 19.0. The predicted octanol–water partition coefficient (Wildman–Crippen LogP) is 26.6. The average molecular weight is 2080 g/mol. The first-order valence-electron chi connectivity index (χ1n) is 49.5. The number of rotatable bonds is 33. The Morgan fingerprint density at radius 1 is 0.372 bits per heavy atom. The van der Waals surface area contributed by atoms with Crippen molar-refractivity contribution in [2.45, 2.75) is 211 Å². The van der Waals surface area contributed by atoms with Gasteiger partial charge in [-0.25, -0.2) is 50.9 Å². The summed E-state index contributed by atoms with van der Waals surface area (Å²) in [5.74, 6) is 8.17. The number of hydrogen-bond acceptors (Lipinski definition) is 17. The van der Waals surface area contributed by atoms with Gasteiger partial charge in [-0.15, -0.1) is 0 Å². The van der Waals surface area contributed by atoms with Gasteiger partial charge in [-0.3, -0.25) is 28.4 Å². The molecule has 6 aliphatic carbocycles. The number of carbonyl (C=O) groups excluding carboxylic acids is 1. The number of halogens is 2. The SMILES string of the molecule is COc1cc(F)c(NS(=O)(=O)C2CC2)cc1-c1ccc(C(C)C)cc1.COc1cc(F)c(NS(=O)(=O)C2CC2)cc1/C=C/c1ccc(C)cc1.COc1ccc(C(=O)CC(C)C)cc1C1CC(c2ccc(C)cc2)C1.COc1ccc(NS(C)(=O)=O)cc1/C=C/C1CCC(C)CC1.COc1ccc(NS(C)(=O)=O)cc1C1CC(c2ccc(C)cc2)C1.COc1ccc(NS(C)(=O)=O)cc1C1CC(c2cccc(C)c2)C1. The fourth-order valence-electron chi connectivity index (χ4n) is 18.4. The van der Waals surface area contributed by atoms with E-state index in [4.69, 9.17) is 28.4 Å². The van der Waals surface area contributed by atoms with Crippen molar-refractivity contribution in [2.24, 2.45) is 17.8 Å². The smallest absolute Gasteiger partial charge is 0.235 e. The van der Waals surface area contributed by atoms with Gasteiger partial charge >= 0.3 is 0 Å². The van der Waals surface area contributed by atoms with E-state index >= 15 is 0 Å². The van der Waals surface area contributed by atoms with E-state index < -0.39 is 72.3 Å². The molecule has 145 heavy (non-hydrogen) atoms. The number of Topliss-reactive ketones (excluding diaryl/α,β-unsaturated/α-hetero) is 1. The normalized spacial score (nSPS) is 18.6. The molecule has 0 saturated heterocycles. The molecule has 0 atom stereocenters. The molecule has 11 aromatic carbocycles. The minimum Gasteiger partial charge on any atom is -0.496 e. The molecule has 0 aromatic heterocycles. The molecule has 22 nitrogen and oxygen atoms in total. The fraction of sp³-hybridized carbons (Fsp3) is 0.388. The topological polar surface area (TPSA) is 303 Å². The highest BCUT2D eigenvalue weighted by Gasteiger charge is 2.40. The molecular weight excluding hydrogens is 1930 g/mol. The maximum Gasteiger partial charge on any atom is 0.235 e. The number of aryl methyl sites for hydroxylation is 4. The number of ether oxygens (including phenoxy) is 6. The van der Waals surface area contributed by atoms with Gasteiger partial charge in [-0.1, -0.05) is 215 Å². The third-order valence-electron chi connectivity index (χ3n) is 27.2. The summed E-state index contributed by atoms with van der Waals surface area (Å²) < 4.78 is 190. The molecule has 0 aliphatic heterocycles. The first-order chi connectivity index (χ1) is 68.8. The number of allylic oxidation sites excluding steroid dienone is 1. The van der Waals surface area contributed by atoms with Gasteiger partial charge < -0.3 is 28.4 Å². The van der Waals surface area contributed by atoms with E-state index in [2.05, 4.69) is 164 Å². The third-order valence-corrected chi connectivity index (χ3v) is 32.7. The maximum atomic E-state index is 14.3. The Morgan fingerprint density at radius 2 is 0.772 bits per heavy atom. The van der Waals surface area contributed by atoms with Crippen LogP contribution in [-0.2, 0) is 50.1 Å². The van der Waals surface area contributed by atoms with Crippen LogP contribution in [0.4, 0.5) is 37.2 Å². The number of carbonyl (C=O) groups is 1. The van der Waals surface area contributed by atoms with Crippen molar-refractivity contribution in [2.75, 3.05) is 85.0 Å². The molecule has 29 heteroatoms. The van der Waals surface area contributed by atoms with Crippen molar-refractivity contribution >= 4 is 103 Å². The molecule has 6 fully saturated rings. The van der Waals surface area contributed by atoms with Crippen LogP contribution in [0.25, 0.3) is 29.4 Å². The Balaban J connectivity index is 0.000000155. The van der Waals surface area contributed by atoms with Gasteiger partial charge in [0.05, 0.1) is 83.3 Å². The Labute approximate surface area is 859 Å². The fourth-order valence-corrected chi connectivity index (χ4v) is 22.8. The second-order valence-corrected chi connectivity index (χ2v) is 49.2. The quantitative estimate of drug-likeness (QED) is 0.0189. The molecule has 0 unspecified atom stereocenters. The van der Waals surface area contributed by atoms with Crippen LogP contribution in [0.1, 0.15) is 261 Å². The van der Waals surface area contributed by atoms with Crippen LogP contribution in [0.15, 0.2) is 224 Å². The van der Waals surface area contributed by atoms with Crippen molar-refractivity contribution in [3.05, 3.63) is 320 Å². The van der Waals surface area contributed by atoms with Crippen molar-refractivity contribution in [3.63, 3.8) is 0 Å². The molecule has 0 amide bonds. The van der Waals surface area contributed by atoms with E-state index in [1.807, 2.05) is 110 Å². The molecule has 776 valence electrons. The number of benzene rings is 11. The lowest BCUT2D eigenvalue weighted by Gasteiger charge is -2.37. The summed E-state index contributed by atoms with van der Waals surface area (Å²) in [6.07, 6.45) is 26.0. The highest BCUT2D eigenvalue weighted by Crippen LogP contribution is 2.54. The van der Waals surface area contributed by atoms with E-state index in [1.54, 1.807) is 58.8 Å². The van der Waals surface area contributed by atoms with Crippen LogP contribution in [0.3, 0.4) is 0 Å². The van der Waals surface area contributed by atoms with Crippen LogP contribution in [-0.4, -0.2) is 120 Å². The van der Waals surface area contributed by atoms with E-state index in [-0.39, 0.29) is 17.2 Å². The van der Waals surface area contributed by atoms with Crippen molar-refractivity contribution < 1.29 is 84.1 Å². The monoisotopic (exact) mass is 2070 g/mol. The number of ketones is 1. The lowest BCUT2D eigenvalue weighted by Crippen LogP contribution is -2.21. The summed E-state index contributed by atoms with van der Waals surface area (Å²) in [7, 11) is -7.32. The van der Waals surface area contributed by atoms with Crippen LogP contribution in [0, 0.1) is 57.1 Å². The standard InChI is InChI=1S/C23H28O2.C19H22FNO3S.C19H20FNO3S.2C19H23NO3S.C17H25NO3S/c1-15(2)11-22(24)18-9-10-23(25-4)21(14-18)20-12-19(13-20)17-7-5-16(3)6-8-17;1-12(2)13-4-6-14(7-5-13)16-10-18(17(20)11-19(16)24-3)21-25(22,23)15-8-9-15;1-13-3-5-14(6-4-13)7-8-15-11-18(17(20)12-19(15)24-2)21-25(22,23)16-9-10-16;1-13-4-6-14(7-5-13)15-10-16(11-15)18-12-17(20-24(3,21)22)8-9-19(18)23-2;1-13-5-4-6-14(9-13)15-10-16(11-15)18-12-17(20-24(3,21)22)7-8-19(18)23-2;1-13-4-6-14(7-5-13)8-9-15-12-16(18-22(3,19)20)10-11-17(15)21-2/h5-10,14-15,19-20H,11-13H2,1-4H3;4-7,10-12,15,21H,8-9H2,1-3H3;3-8,11-12,16,21H,9-10H2,1-2H3;2*4-9,12,15-16,20H,10-11H2,1-3H3;8-14,18H,4-7H2,1-3H3/b;;8-7+;;;9-8+. The summed E-state index contributed by atoms with van der Waals surface area (Å²) >= 11 is 0. The van der Waals surface area contributed by atoms with Crippen LogP contribution in [0.2, 0.25) is 0 Å². The molecule has 0 radical (unpaired) electrons. The second-order valence-electron chi connectivity index (χ2n) is 40.0. The van der Waals surface area contributed by atoms with Crippen LogP contribution >= 0.6 is 0 Å². The number of methoxy groups -OCH3 is 6. The van der Waals surface area contributed by atoms with Crippen LogP contribution in [0.5, 0.6) is 34.5 Å². The van der Waals surface area contributed by atoms with Gasteiger partial charge in [0.2, 0.25) is 50.1 Å². The Hall–Kier alpha value is -12.0. The lowest BCUT2D eigenvalue weighted by atomic mass is 9.68. The van der Waals surface area contributed by atoms with Crippen molar-refractivity contribution in [3.8, 4) is 45.6 Å². The van der Waals surface area contributed by atoms with Gasteiger partial charge in [0.1, 0.15) is 34.5 Å². The van der Waals surface area contributed by atoms with Gasteiger partial charge in [0.15, 0.2) is 17.4 Å². The summed E-state index contributed by atoms with van der Waals surface area (Å²) in [5, 5.41) is -0.830. The number of hydrogen-bond donors (Lipinski definition) is 5. The number of nitrogens with one attached hydrogen (secondary N) is 5. The third kappa shape index (κ3) is 32.7. The number of anilines is 5. The molecule has 5 N–H and O–H groups in total. The summed E-state index contributed by atoms with van der Waals surface area (Å²) in [4.78, 5) is 12.4. The zero-order chi connectivity index (χ0) is 105. The molecular formula is C116H141F2N5O17S5. The van der Waals surface area contributed by atoms with E-state index in [9.17, 15) is 55.7 Å². The Morgan fingerprint density at radius 3 is 1.19 bits per heavy atom. The molecule has 17 rings (SSSR count). The van der Waals surface area contributed by atoms with Crippen molar-refractivity contribution in [1.82, 2.24) is 0 Å². The van der Waals surface area contributed by atoms with E-state index in [0.717, 1.165) is 125 Å². The van der Waals surface area contributed by atoms with Gasteiger partial charge in [-0.05, 0) is 299 Å². The molecule has 0 spiro atoms. The van der Waals surface area contributed by atoms with E-state index in [0.29, 0.717) is 125 Å². The zero-order valence-corrected chi connectivity index (χ0v) is 90.4. The highest BCUT2D eigenvalue weighted by atomic mass is 32.2. The molecule has 11 aromatic rings. The largest absolute Gasteiger partial charge is 0.496 e. The number of sulfonamides is 5. The zero-order valence-electron chi connectivity index (χ0n) is 86.4.